The number of nitrogens with zero attached hydrogens (tertiary/aromatic N) is 2. The smallest absolute Gasteiger partial charge is 0.116 e. The van der Waals surface area contributed by atoms with Gasteiger partial charge in [0.2, 0.25) is 0 Å². The monoisotopic (exact) mass is 120 g/mol. The Balaban J connectivity index is 2.39. The highest BCUT2D eigenvalue weighted by Gasteiger charge is 2.07. The molecule has 0 bridgehead atoms. The van der Waals surface area contributed by atoms with Crippen LogP contribution < -0.4 is 0 Å². The van der Waals surface area contributed by atoms with E-state index in [2.05, 4.69) is 16.0 Å². The van der Waals surface area contributed by atoms with Gasteiger partial charge in [0.05, 0.1) is 6.42 Å². The summed E-state index contributed by atoms with van der Waals surface area (Å²) in [5.74, 6) is 1.02. The summed E-state index contributed by atoms with van der Waals surface area (Å²) in [6, 6.07) is 0. The second-order valence-corrected chi connectivity index (χ2v) is 2.22. The van der Waals surface area contributed by atoms with E-state index in [1.165, 1.54) is 6.42 Å². The lowest BCUT2D eigenvalue weighted by molar-refractivity contribution is 0.581. The number of imidazole rings is 1. The zero-order chi connectivity index (χ0) is 6.10. The average molecular weight is 120 g/mol. The molecular formula is C7H8N2. The molecule has 0 atom stereocenters. The largest absolute Gasteiger partial charge is 0.334 e. The maximum Gasteiger partial charge on any atom is 0.116 e. The van der Waals surface area contributed by atoms with Crippen LogP contribution in [0.15, 0.2) is 12.4 Å². The number of rotatable bonds is 0. The van der Waals surface area contributed by atoms with Crippen molar-refractivity contribution in [2.45, 2.75) is 19.4 Å². The molecule has 0 unspecified atom stereocenters. The number of hydrogen-bond donors (Lipinski definition) is 0. The van der Waals surface area contributed by atoms with E-state index < -0.39 is 0 Å². The minimum atomic E-state index is 1.02. The molecule has 2 radical (unpaired) electrons. The quantitative estimate of drug-likeness (QED) is 0.501. The van der Waals surface area contributed by atoms with Gasteiger partial charge in [-0.1, -0.05) is 0 Å². The van der Waals surface area contributed by atoms with Crippen molar-refractivity contribution in [2.75, 3.05) is 0 Å². The topological polar surface area (TPSA) is 17.8 Å². The Morgan fingerprint density at radius 1 is 1.67 bits per heavy atom. The Bertz CT molecular complexity index is 182. The summed E-state index contributed by atoms with van der Waals surface area (Å²) in [6.45, 7) is 1.11. The van der Waals surface area contributed by atoms with Crippen molar-refractivity contribution in [1.82, 2.24) is 9.55 Å². The summed E-state index contributed by atoms with van der Waals surface area (Å²) in [7, 11) is 0. The SMILES string of the molecule is [C]1CCCn2ccnc21. The van der Waals surface area contributed by atoms with Crippen molar-refractivity contribution in [2.24, 2.45) is 0 Å². The van der Waals surface area contributed by atoms with E-state index >= 15 is 0 Å². The second kappa shape index (κ2) is 1.87. The van der Waals surface area contributed by atoms with Crippen LogP contribution in [0.1, 0.15) is 18.7 Å². The van der Waals surface area contributed by atoms with E-state index in [4.69, 9.17) is 0 Å². The lowest BCUT2D eigenvalue weighted by Crippen LogP contribution is -2.07. The molecule has 0 aliphatic carbocycles. The Morgan fingerprint density at radius 3 is 3.56 bits per heavy atom. The molecule has 1 aromatic heterocycles. The molecule has 0 fully saturated rings. The molecule has 0 saturated carbocycles. The van der Waals surface area contributed by atoms with Gasteiger partial charge in [-0.15, -0.1) is 0 Å². The van der Waals surface area contributed by atoms with Crippen molar-refractivity contribution in [1.29, 1.82) is 0 Å². The Kier molecular flexibility index (Phi) is 1.04. The zero-order valence-corrected chi connectivity index (χ0v) is 5.17. The van der Waals surface area contributed by atoms with Crippen LogP contribution in [0.5, 0.6) is 0 Å². The number of fused-ring (bicyclic) bond motifs is 1. The van der Waals surface area contributed by atoms with Crippen molar-refractivity contribution in [3.8, 4) is 0 Å². The molecule has 2 rings (SSSR count). The van der Waals surface area contributed by atoms with E-state index in [1.807, 2.05) is 12.4 Å². The first-order chi connectivity index (χ1) is 4.47. The van der Waals surface area contributed by atoms with Gasteiger partial charge >= 0.3 is 0 Å². The molecule has 2 nitrogen and oxygen atoms in total. The molecule has 1 aliphatic rings. The molecule has 2 heterocycles. The van der Waals surface area contributed by atoms with E-state index in [1.54, 1.807) is 0 Å². The van der Waals surface area contributed by atoms with Gasteiger partial charge in [-0.05, 0) is 12.8 Å². The minimum Gasteiger partial charge on any atom is -0.334 e. The van der Waals surface area contributed by atoms with E-state index in [9.17, 15) is 0 Å². The highest BCUT2D eigenvalue weighted by Crippen LogP contribution is 2.12. The fourth-order valence-corrected chi connectivity index (χ4v) is 1.11. The van der Waals surface area contributed by atoms with Crippen LogP contribution in [0.2, 0.25) is 0 Å². The van der Waals surface area contributed by atoms with Gasteiger partial charge in [-0.3, -0.25) is 0 Å². The van der Waals surface area contributed by atoms with E-state index in [0.29, 0.717) is 0 Å². The Labute approximate surface area is 54.5 Å². The van der Waals surface area contributed by atoms with Crippen molar-refractivity contribution < 1.29 is 0 Å². The standard InChI is InChI=1S/C7H8N2/c1-2-5-9-6-4-8-7(9)3-1/h4,6H,1-2,5H2. The van der Waals surface area contributed by atoms with Gasteiger partial charge in [0.25, 0.3) is 0 Å². The van der Waals surface area contributed by atoms with Crippen LogP contribution in [-0.4, -0.2) is 9.55 Å². The van der Waals surface area contributed by atoms with Gasteiger partial charge in [-0.25, -0.2) is 4.98 Å². The average Bonchev–Trinajstić information content (AvgIpc) is 2.33. The summed E-state index contributed by atoms with van der Waals surface area (Å²) in [5.41, 5.74) is 0. The van der Waals surface area contributed by atoms with E-state index in [0.717, 1.165) is 18.8 Å². The molecule has 2 heteroatoms. The van der Waals surface area contributed by atoms with Gasteiger partial charge in [0, 0.05) is 18.9 Å². The third-order valence-corrected chi connectivity index (χ3v) is 1.57. The van der Waals surface area contributed by atoms with Crippen LogP contribution in [0, 0.1) is 6.42 Å². The number of hydrogen-bond acceptors (Lipinski definition) is 1. The zero-order valence-electron chi connectivity index (χ0n) is 5.17. The van der Waals surface area contributed by atoms with Crippen LogP contribution in [-0.2, 0) is 6.54 Å². The maximum absolute atomic E-state index is 4.11. The van der Waals surface area contributed by atoms with Gasteiger partial charge in [0.1, 0.15) is 5.82 Å². The first kappa shape index (κ1) is 5.03. The number of aryl methyl sites for hydroxylation is 1. The summed E-state index contributed by atoms with van der Waals surface area (Å²) < 4.78 is 2.13. The Hall–Kier alpha value is -0.790. The van der Waals surface area contributed by atoms with Crippen LogP contribution in [0.3, 0.4) is 0 Å². The fourth-order valence-electron chi connectivity index (χ4n) is 1.11. The van der Waals surface area contributed by atoms with Crippen molar-refractivity contribution in [3.05, 3.63) is 24.6 Å². The molecule has 0 amide bonds. The predicted octanol–water partition coefficient (Wildman–Crippen LogP) is 1.11. The van der Waals surface area contributed by atoms with Crippen molar-refractivity contribution >= 4 is 0 Å². The molecule has 0 saturated heterocycles. The highest BCUT2D eigenvalue weighted by atomic mass is 15.1. The van der Waals surface area contributed by atoms with Crippen LogP contribution >= 0.6 is 0 Å². The highest BCUT2D eigenvalue weighted by molar-refractivity contribution is 5.06. The van der Waals surface area contributed by atoms with E-state index in [-0.39, 0.29) is 0 Å². The van der Waals surface area contributed by atoms with Crippen molar-refractivity contribution in [3.63, 3.8) is 0 Å². The summed E-state index contributed by atoms with van der Waals surface area (Å²) in [6.07, 6.45) is 9.30. The molecule has 0 aromatic carbocycles. The summed E-state index contributed by atoms with van der Waals surface area (Å²) >= 11 is 0. The van der Waals surface area contributed by atoms with Crippen LogP contribution in [0.25, 0.3) is 0 Å². The lowest BCUT2D eigenvalue weighted by Gasteiger charge is -2.11. The second-order valence-electron chi connectivity index (χ2n) is 2.22. The fraction of sp³-hybridized carbons (Fsp3) is 0.429. The van der Waals surface area contributed by atoms with Gasteiger partial charge < -0.3 is 4.57 Å². The minimum absolute atomic E-state index is 1.02. The first-order valence-corrected chi connectivity index (χ1v) is 3.22. The normalized spacial score (nSPS) is 17.3. The first-order valence-electron chi connectivity index (χ1n) is 3.22. The maximum atomic E-state index is 4.11. The molecule has 1 aromatic rings. The summed E-state index contributed by atoms with van der Waals surface area (Å²) in [4.78, 5) is 4.11. The molecule has 0 spiro atoms. The Morgan fingerprint density at radius 2 is 2.67 bits per heavy atom. The van der Waals surface area contributed by atoms with Gasteiger partial charge in [0.15, 0.2) is 0 Å². The molecule has 46 valence electrons. The summed E-state index contributed by atoms with van der Waals surface area (Å²) in [5, 5.41) is 0. The number of aromatic nitrogens is 2. The third kappa shape index (κ3) is 0.745. The lowest BCUT2D eigenvalue weighted by atomic mass is 10.2. The molecule has 0 N–H and O–H groups in total. The molecular weight excluding hydrogens is 112 g/mol. The predicted molar refractivity (Wildman–Crippen MR) is 33.8 cm³/mol. The van der Waals surface area contributed by atoms with Gasteiger partial charge in [-0.2, -0.15) is 0 Å². The third-order valence-electron chi connectivity index (χ3n) is 1.57. The molecule has 1 aliphatic heterocycles. The molecule has 9 heavy (non-hydrogen) atoms. The van der Waals surface area contributed by atoms with Crippen LogP contribution in [0.4, 0.5) is 0 Å².